The van der Waals surface area contributed by atoms with E-state index in [1.807, 2.05) is 0 Å². The molecule has 0 bridgehead atoms. The number of rotatable bonds is 3. The van der Waals surface area contributed by atoms with Crippen molar-refractivity contribution in [1.82, 2.24) is 0 Å². The zero-order valence-corrected chi connectivity index (χ0v) is 12.1. The number of halogens is 4. The molecular weight excluding hydrogens is 359 g/mol. The van der Waals surface area contributed by atoms with Gasteiger partial charge in [-0.05, 0) is 46.3 Å². The van der Waals surface area contributed by atoms with Crippen LogP contribution in [0.15, 0.2) is 39.5 Å². The first-order valence-corrected chi connectivity index (χ1v) is 6.92. The summed E-state index contributed by atoms with van der Waals surface area (Å²) >= 11 is 4.60. The Morgan fingerprint density at radius 2 is 1.90 bits per heavy atom. The minimum atomic E-state index is -4.73. The van der Waals surface area contributed by atoms with Gasteiger partial charge in [0.2, 0.25) is 0 Å². The van der Waals surface area contributed by atoms with Gasteiger partial charge in [-0.15, -0.1) is 24.5 Å². The first-order chi connectivity index (χ1) is 9.33. The maximum atomic E-state index is 12.0. The van der Waals surface area contributed by atoms with Gasteiger partial charge in [-0.2, -0.15) is 0 Å². The van der Waals surface area contributed by atoms with Crippen LogP contribution in [0, 0.1) is 0 Å². The number of carbonyl (C=O) groups excluding carboxylic acids is 1. The molecule has 1 aromatic carbocycles. The van der Waals surface area contributed by atoms with E-state index >= 15 is 0 Å². The topological polar surface area (TPSA) is 38.3 Å². The summed E-state index contributed by atoms with van der Waals surface area (Å²) in [6.45, 7) is 0. The number of nitrogens with one attached hydrogen (secondary N) is 1. The Balaban J connectivity index is 2.02. The summed E-state index contributed by atoms with van der Waals surface area (Å²) in [7, 11) is 0. The molecule has 0 saturated carbocycles. The monoisotopic (exact) mass is 365 g/mol. The summed E-state index contributed by atoms with van der Waals surface area (Å²) in [5, 5.41) is 4.24. The molecule has 106 valence electrons. The predicted molar refractivity (Wildman–Crippen MR) is 73.1 cm³/mol. The van der Waals surface area contributed by atoms with Crippen LogP contribution in [-0.4, -0.2) is 12.3 Å². The van der Waals surface area contributed by atoms with Crippen molar-refractivity contribution in [2.75, 3.05) is 5.32 Å². The second kappa shape index (κ2) is 5.84. The fourth-order valence-electron chi connectivity index (χ4n) is 1.37. The van der Waals surface area contributed by atoms with Gasteiger partial charge < -0.3 is 10.1 Å². The van der Waals surface area contributed by atoms with Crippen LogP contribution in [-0.2, 0) is 0 Å². The van der Waals surface area contributed by atoms with E-state index in [1.54, 1.807) is 11.4 Å². The highest BCUT2D eigenvalue weighted by Gasteiger charge is 2.30. The lowest BCUT2D eigenvalue weighted by Gasteiger charge is -2.09. The summed E-state index contributed by atoms with van der Waals surface area (Å²) in [6, 6.07) is 6.58. The third-order valence-corrected chi connectivity index (χ3v) is 3.68. The average Bonchev–Trinajstić information content (AvgIpc) is 2.77. The molecule has 0 atom stereocenters. The number of ether oxygens (including phenoxy) is 1. The van der Waals surface area contributed by atoms with E-state index in [2.05, 4.69) is 26.0 Å². The lowest BCUT2D eigenvalue weighted by Crippen LogP contribution is -2.17. The van der Waals surface area contributed by atoms with Gasteiger partial charge in [0.15, 0.2) is 0 Å². The quantitative estimate of drug-likeness (QED) is 0.858. The van der Waals surface area contributed by atoms with Gasteiger partial charge in [-0.3, -0.25) is 4.79 Å². The zero-order chi connectivity index (χ0) is 14.8. The average molecular weight is 366 g/mol. The van der Waals surface area contributed by atoms with Crippen molar-refractivity contribution >= 4 is 38.9 Å². The van der Waals surface area contributed by atoms with E-state index in [9.17, 15) is 18.0 Å². The molecule has 20 heavy (non-hydrogen) atoms. The lowest BCUT2D eigenvalue weighted by atomic mass is 10.2. The number of alkyl halides is 3. The Hall–Kier alpha value is -1.54. The minimum Gasteiger partial charge on any atom is -0.406 e. The Bertz CT molecular complexity index is 610. The number of thiophene rings is 1. The van der Waals surface area contributed by atoms with Crippen molar-refractivity contribution in [2.24, 2.45) is 0 Å². The molecule has 0 aliphatic carbocycles. The third kappa shape index (κ3) is 4.24. The van der Waals surface area contributed by atoms with Crippen LogP contribution in [0.2, 0.25) is 0 Å². The molecule has 0 aliphatic rings. The lowest BCUT2D eigenvalue weighted by molar-refractivity contribution is -0.274. The molecule has 8 heteroatoms. The van der Waals surface area contributed by atoms with Crippen LogP contribution < -0.4 is 10.1 Å². The number of benzene rings is 1. The van der Waals surface area contributed by atoms with E-state index in [0.29, 0.717) is 11.3 Å². The number of carbonyl (C=O) groups is 1. The normalized spacial score (nSPS) is 11.2. The molecule has 0 spiro atoms. The van der Waals surface area contributed by atoms with Gasteiger partial charge in [0.05, 0.1) is 9.35 Å². The maximum absolute atomic E-state index is 12.0. The molecule has 2 rings (SSSR count). The molecule has 1 amide bonds. The van der Waals surface area contributed by atoms with Crippen LogP contribution in [0.3, 0.4) is 0 Å². The fraction of sp³-hybridized carbons (Fsp3) is 0.0833. The van der Waals surface area contributed by atoms with E-state index < -0.39 is 6.36 Å². The first kappa shape index (κ1) is 14.9. The van der Waals surface area contributed by atoms with Crippen molar-refractivity contribution in [3.8, 4) is 5.75 Å². The number of anilines is 1. The molecule has 0 saturated heterocycles. The largest absolute Gasteiger partial charge is 0.573 e. The molecule has 2 aromatic rings. The second-order valence-corrected chi connectivity index (χ2v) is 5.96. The zero-order valence-electron chi connectivity index (χ0n) is 9.70. The number of hydrogen-bond donors (Lipinski definition) is 1. The number of hydrogen-bond acceptors (Lipinski definition) is 3. The van der Waals surface area contributed by atoms with Crippen molar-refractivity contribution in [3.63, 3.8) is 0 Å². The van der Waals surface area contributed by atoms with Crippen LogP contribution >= 0.6 is 27.3 Å². The Morgan fingerprint density at radius 3 is 2.40 bits per heavy atom. The van der Waals surface area contributed by atoms with E-state index in [0.717, 1.165) is 15.9 Å². The van der Waals surface area contributed by atoms with Gasteiger partial charge in [0.1, 0.15) is 5.75 Å². The van der Waals surface area contributed by atoms with Crippen molar-refractivity contribution < 1.29 is 22.7 Å². The minimum absolute atomic E-state index is 0.337. The summed E-state index contributed by atoms with van der Waals surface area (Å²) in [5.41, 5.74) is 0.851. The molecule has 1 heterocycles. The maximum Gasteiger partial charge on any atom is 0.573 e. The van der Waals surface area contributed by atoms with Crippen LogP contribution in [0.1, 0.15) is 10.4 Å². The van der Waals surface area contributed by atoms with Gasteiger partial charge in [0.25, 0.3) is 5.91 Å². The molecule has 3 nitrogen and oxygen atoms in total. The summed E-state index contributed by atoms with van der Waals surface area (Å²) in [6.07, 6.45) is -4.73. The second-order valence-electron chi connectivity index (χ2n) is 3.67. The molecule has 1 N–H and O–H groups in total. The highest BCUT2D eigenvalue weighted by molar-refractivity contribution is 9.11. The molecule has 0 aliphatic heterocycles. The van der Waals surface area contributed by atoms with Crippen LogP contribution in [0.5, 0.6) is 5.75 Å². The van der Waals surface area contributed by atoms with Gasteiger partial charge >= 0.3 is 6.36 Å². The molecule has 0 radical (unpaired) electrons. The smallest absolute Gasteiger partial charge is 0.406 e. The van der Waals surface area contributed by atoms with Gasteiger partial charge in [-0.1, -0.05) is 0 Å². The molecule has 1 aromatic heterocycles. The van der Waals surface area contributed by atoms with Crippen molar-refractivity contribution in [3.05, 3.63) is 45.1 Å². The Morgan fingerprint density at radius 1 is 1.25 bits per heavy atom. The standard InChI is InChI=1S/C12H7BrF3NO2S/c13-10-5-7(6-20-10)11(18)17-8-1-3-9(4-2-8)19-12(14,15)16/h1-6H,(H,17,18). The number of amides is 1. The van der Waals surface area contributed by atoms with Gasteiger partial charge in [-0.25, -0.2) is 0 Å². The summed E-state index contributed by atoms with van der Waals surface area (Å²) < 4.78 is 40.5. The van der Waals surface area contributed by atoms with E-state index in [-0.39, 0.29) is 11.7 Å². The van der Waals surface area contributed by atoms with Gasteiger partial charge in [0, 0.05) is 11.1 Å². The predicted octanol–water partition coefficient (Wildman–Crippen LogP) is 4.66. The third-order valence-electron chi connectivity index (χ3n) is 2.18. The Labute approximate surface area is 124 Å². The van der Waals surface area contributed by atoms with Crippen molar-refractivity contribution in [1.29, 1.82) is 0 Å². The highest BCUT2D eigenvalue weighted by atomic mass is 79.9. The summed E-state index contributed by atoms with van der Waals surface area (Å²) in [4.78, 5) is 11.8. The first-order valence-electron chi connectivity index (χ1n) is 5.25. The fourth-order valence-corrected chi connectivity index (χ4v) is 2.51. The van der Waals surface area contributed by atoms with E-state index in [1.165, 1.54) is 23.5 Å². The van der Waals surface area contributed by atoms with E-state index in [4.69, 9.17) is 0 Å². The van der Waals surface area contributed by atoms with Crippen LogP contribution in [0.25, 0.3) is 0 Å². The summed E-state index contributed by atoms with van der Waals surface area (Å²) in [5.74, 6) is -0.676. The van der Waals surface area contributed by atoms with Crippen LogP contribution in [0.4, 0.5) is 18.9 Å². The molecular formula is C12H7BrF3NO2S. The highest BCUT2D eigenvalue weighted by Crippen LogP contribution is 2.25. The Kier molecular flexibility index (Phi) is 4.34. The molecule has 0 fully saturated rings. The van der Waals surface area contributed by atoms with Crippen molar-refractivity contribution in [2.45, 2.75) is 6.36 Å². The SMILES string of the molecule is O=C(Nc1ccc(OC(F)(F)F)cc1)c1csc(Br)c1. The molecule has 0 unspecified atom stereocenters.